The van der Waals surface area contributed by atoms with E-state index < -0.39 is 18.7 Å². The molecular weight excluding hydrogens is 329 g/mol. The van der Waals surface area contributed by atoms with Gasteiger partial charge in [-0.05, 0) is 24.5 Å². The van der Waals surface area contributed by atoms with Crippen molar-refractivity contribution >= 4 is 35.1 Å². The van der Waals surface area contributed by atoms with Gasteiger partial charge in [-0.15, -0.1) is 11.3 Å². The Hall–Kier alpha value is -2.39. The molecule has 2 aromatic rings. The summed E-state index contributed by atoms with van der Waals surface area (Å²) in [7, 11) is -1.09. The Labute approximate surface area is 142 Å². The zero-order valence-corrected chi connectivity index (χ0v) is 13.8. The van der Waals surface area contributed by atoms with Crippen molar-refractivity contribution in [3.05, 3.63) is 40.4 Å². The number of ketones is 1. The van der Waals surface area contributed by atoms with Crippen LogP contribution in [0.2, 0.25) is 5.82 Å². The van der Waals surface area contributed by atoms with Crippen LogP contribution in [0.4, 0.5) is 5.13 Å². The first kappa shape index (κ1) is 16.5. The molecule has 0 radical (unpaired) electrons. The molecule has 0 saturated heterocycles. The number of thiazole rings is 1. The van der Waals surface area contributed by atoms with Gasteiger partial charge in [-0.2, -0.15) is 0 Å². The largest absolute Gasteiger partial charge is 0.536 e. The number of nitrogens with zero attached hydrogens (tertiary/aromatic N) is 2. The van der Waals surface area contributed by atoms with Crippen LogP contribution in [0.25, 0.3) is 0 Å². The molecule has 7 nitrogen and oxygen atoms in total. The van der Waals surface area contributed by atoms with Crippen LogP contribution in [-0.2, 0) is 11.2 Å². The zero-order chi connectivity index (χ0) is 17.3. The number of hydrogen-bond donors (Lipinski definition) is 3. The van der Waals surface area contributed by atoms with Crippen molar-refractivity contribution in [2.75, 3.05) is 5.73 Å². The average molecular weight is 345 g/mol. The van der Waals surface area contributed by atoms with Gasteiger partial charge in [-0.1, -0.05) is 23.4 Å². The van der Waals surface area contributed by atoms with E-state index in [0.717, 1.165) is 22.5 Å². The minimum absolute atomic E-state index is 0.0224. The maximum Gasteiger partial charge on any atom is 0.526 e. The fourth-order valence-corrected chi connectivity index (χ4v) is 3.34. The number of oxime groups is 1. The summed E-state index contributed by atoms with van der Waals surface area (Å²) in [6, 6.07) is 5.72. The van der Waals surface area contributed by atoms with Gasteiger partial charge in [0.25, 0.3) is 0 Å². The molecule has 1 aliphatic heterocycles. The number of anilines is 1. The number of para-hydroxylation sites is 1. The van der Waals surface area contributed by atoms with E-state index in [4.69, 9.17) is 15.6 Å². The van der Waals surface area contributed by atoms with Crippen LogP contribution in [0.3, 0.4) is 0 Å². The van der Waals surface area contributed by atoms with Crippen LogP contribution in [-0.4, -0.2) is 33.8 Å². The molecule has 0 bridgehead atoms. The van der Waals surface area contributed by atoms with Gasteiger partial charge in [-0.3, -0.25) is 4.79 Å². The van der Waals surface area contributed by atoms with Crippen LogP contribution < -0.4 is 10.4 Å². The Morgan fingerprint density at radius 2 is 2.38 bits per heavy atom. The summed E-state index contributed by atoms with van der Waals surface area (Å²) >= 11 is 1.15. The molecule has 0 spiro atoms. The van der Waals surface area contributed by atoms with E-state index in [1.807, 2.05) is 25.1 Å². The van der Waals surface area contributed by atoms with Crippen LogP contribution in [0.15, 0.2) is 28.7 Å². The number of rotatable bonds is 4. The molecule has 24 heavy (non-hydrogen) atoms. The average Bonchev–Trinajstić information content (AvgIpc) is 2.96. The van der Waals surface area contributed by atoms with Gasteiger partial charge in [0.1, 0.15) is 11.4 Å². The van der Waals surface area contributed by atoms with Crippen LogP contribution >= 0.6 is 11.3 Å². The molecule has 0 amide bonds. The lowest BCUT2D eigenvalue weighted by Gasteiger charge is -2.28. The molecule has 0 saturated carbocycles. The molecule has 1 aromatic heterocycles. The Bertz CT molecular complexity index is 808. The van der Waals surface area contributed by atoms with Crippen molar-refractivity contribution in [1.82, 2.24) is 4.98 Å². The number of fused-ring (bicyclic) bond motifs is 1. The molecule has 0 aliphatic carbocycles. The molecule has 0 unspecified atom stereocenters. The summed E-state index contributed by atoms with van der Waals surface area (Å²) in [5, 5.41) is 24.2. The summed E-state index contributed by atoms with van der Waals surface area (Å²) in [5.41, 5.74) is 7.49. The van der Waals surface area contributed by atoms with Crippen molar-refractivity contribution in [1.29, 1.82) is 0 Å². The highest BCUT2D eigenvalue weighted by Crippen LogP contribution is 2.36. The van der Waals surface area contributed by atoms with Gasteiger partial charge in [0, 0.05) is 17.6 Å². The highest BCUT2D eigenvalue weighted by atomic mass is 32.1. The minimum atomic E-state index is -1.09. The summed E-state index contributed by atoms with van der Waals surface area (Å²) in [5.74, 6) is -0.192. The molecule has 124 valence electrons. The number of hydrogen-bond acceptors (Lipinski definition) is 8. The first-order valence-electron chi connectivity index (χ1n) is 7.39. The van der Waals surface area contributed by atoms with E-state index in [9.17, 15) is 9.82 Å². The fraction of sp³-hybridized carbons (Fsp3) is 0.267. The number of nitrogen functional groups attached to an aromatic ring is 1. The number of aromatic nitrogens is 1. The van der Waals surface area contributed by atoms with Crippen LogP contribution in [0, 0.1) is 6.92 Å². The van der Waals surface area contributed by atoms with Crippen molar-refractivity contribution in [2.45, 2.75) is 25.6 Å². The highest BCUT2D eigenvalue weighted by molar-refractivity contribution is 7.13. The summed E-state index contributed by atoms with van der Waals surface area (Å²) in [6.07, 6.45) is 0.479. The maximum atomic E-state index is 12.4. The topological polar surface area (TPSA) is 118 Å². The lowest BCUT2D eigenvalue weighted by molar-refractivity contribution is -0.113. The standard InChI is InChI=1S/C15H16BN3O4S/c1-8-3-2-4-9-5-10(16(21)23-14(8)9)6-12(20)13(19-22)11-7-24-15(17)18-11/h2-4,7,10,21-22H,5-6H2,1H3,(H2,17,18)/b19-13-/t10-/m1/s1. The van der Waals surface area contributed by atoms with Crippen molar-refractivity contribution < 1.29 is 19.7 Å². The lowest BCUT2D eigenvalue weighted by atomic mass is 9.64. The Kier molecular flexibility index (Phi) is 4.54. The molecule has 0 fully saturated rings. The minimum Gasteiger partial charge on any atom is -0.536 e. The maximum absolute atomic E-state index is 12.4. The van der Waals surface area contributed by atoms with E-state index in [1.54, 1.807) is 5.38 Å². The summed E-state index contributed by atoms with van der Waals surface area (Å²) < 4.78 is 5.57. The van der Waals surface area contributed by atoms with Crippen molar-refractivity contribution in [3.8, 4) is 5.75 Å². The molecule has 3 rings (SSSR count). The second kappa shape index (κ2) is 6.62. The molecule has 4 N–H and O–H groups in total. The number of aryl methyl sites for hydroxylation is 1. The summed E-state index contributed by atoms with van der Waals surface area (Å²) in [6.45, 7) is 1.90. The second-order valence-corrected chi connectivity index (χ2v) is 6.57. The van der Waals surface area contributed by atoms with Crippen LogP contribution in [0.5, 0.6) is 5.75 Å². The predicted octanol–water partition coefficient (Wildman–Crippen LogP) is 1.66. The number of carbonyl (C=O) groups excluding carboxylic acids is 1. The lowest BCUT2D eigenvalue weighted by Crippen LogP contribution is -2.36. The number of Topliss-reactive ketones (excluding diaryl/α,β-unsaturated/α-hetero) is 1. The van der Waals surface area contributed by atoms with E-state index in [0.29, 0.717) is 12.2 Å². The number of nitrogens with two attached hydrogens (primary N) is 1. The highest BCUT2D eigenvalue weighted by Gasteiger charge is 2.37. The van der Waals surface area contributed by atoms with Gasteiger partial charge >= 0.3 is 7.12 Å². The van der Waals surface area contributed by atoms with Crippen LogP contribution in [0.1, 0.15) is 23.2 Å². The number of benzene rings is 1. The van der Waals surface area contributed by atoms with Crippen molar-refractivity contribution in [3.63, 3.8) is 0 Å². The second-order valence-electron chi connectivity index (χ2n) is 5.68. The van der Waals surface area contributed by atoms with E-state index in [1.165, 1.54) is 0 Å². The van der Waals surface area contributed by atoms with Gasteiger partial charge in [0.05, 0.1) is 0 Å². The monoisotopic (exact) mass is 345 g/mol. The van der Waals surface area contributed by atoms with Gasteiger partial charge < -0.3 is 20.6 Å². The van der Waals surface area contributed by atoms with E-state index in [-0.39, 0.29) is 23.0 Å². The Balaban J connectivity index is 1.77. The Morgan fingerprint density at radius 1 is 1.58 bits per heavy atom. The molecular formula is C15H16BN3O4S. The molecule has 1 aliphatic rings. The van der Waals surface area contributed by atoms with Gasteiger partial charge in [0.15, 0.2) is 16.6 Å². The third-order valence-electron chi connectivity index (χ3n) is 3.99. The third kappa shape index (κ3) is 3.13. The van der Waals surface area contributed by atoms with Crippen molar-refractivity contribution in [2.24, 2.45) is 5.16 Å². The smallest absolute Gasteiger partial charge is 0.526 e. The molecule has 1 atom stereocenters. The third-order valence-corrected chi connectivity index (χ3v) is 4.67. The fourth-order valence-electron chi connectivity index (χ4n) is 2.80. The zero-order valence-electron chi connectivity index (χ0n) is 13.0. The first-order chi connectivity index (χ1) is 11.5. The first-order valence-corrected chi connectivity index (χ1v) is 8.27. The van der Waals surface area contributed by atoms with E-state index in [2.05, 4.69) is 10.1 Å². The quantitative estimate of drug-likeness (QED) is 0.336. The van der Waals surface area contributed by atoms with Gasteiger partial charge in [-0.25, -0.2) is 4.98 Å². The normalized spacial score (nSPS) is 17.3. The SMILES string of the molecule is Cc1cccc2c1OB(O)[C@@H](CC(=O)/C(=N\O)c1csc(N)n1)C2. The molecule has 2 heterocycles. The van der Waals surface area contributed by atoms with Gasteiger partial charge in [0.2, 0.25) is 0 Å². The Morgan fingerprint density at radius 3 is 3.04 bits per heavy atom. The van der Waals surface area contributed by atoms with E-state index >= 15 is 0 Å². The predicted molar refractivity (Wildman–Crippen MR) is 91.7 cm³/mol. The molecule has 1 aromatic carbocycles. The summed E-state index contributed by atoms with van der Waals surface area (Å²) in [4.78, 5) is 16.4. The molecule has 9 heteroatoms. The number of carbonyl (C=O) groups is 1.